The van der Waals surface area contributed by atoms with Gasteiger partial charge in [-0.25, -0.2) is 0 Å². The number of nitrogens with one attached hydrogen (secondary N) is 1. The number of amides is 1. The van der Waals surface area contributed by atoms with Crippen molar-refractivity contribution in [3.63, 3.8) is 0 Å². The molecule has 4 rings (SSSR count). The average molecular weight is 420 g/mol. The number of aromatic nitrogens is 2. The molecule has 3 aromatic rings. The van der Waals surface area contributed by atoms with Crippen LogP contribution in [0.4, 0.5) is 0 Å². The molecule has 1 saturated heterocycles. The maximum atomic E-state index is 12.2. The van der Waals surface area contributed by atoms with Gasteiger partial charge in [0.25, 0.3) is 0 Å². The summed E-state index contributed by atoms with van der Waals surface area (Å²) in [7, 11) is 0. The van der Waals surface area contributed by atoms with Gasteiger partial charge in [0, 0.05) is 44.7 Å². The fraction of sp³-hybridized carbons (Fsp3) is 0.375. The summed E-state index contributed by atoms with van der Waals surface area (Å²) in [6.07, 6.45) is 1.76. The minimum absolute atomic E-state index is 0.0860. The number of carbonyl (C=O) groups is 1. The summed E-state index contributed by atoms with van der Waals surface area (Å²) in [5.41, 5.74) is 2.10. The van der Waals surface area contributed by atoms with Gasteiger partial charge in [-0.2, -0.15) is 4.98 Å². The van der Waals surface area contributed by atoms with Crippen LogP contribution in [-0.2, 0) is 17.8 Å². The van der Waals surface area contributed by atoms with Gasteiger partial charge < -0.3 is 14.7 Å². The molecule has 2 aromatic carbocycles. The molecule has 7 heteroatoms. The van der Waals surface area contributed by atoms with Gasteiger partial charge in [-0.15, -0.1) is 0 Å². The smallest absolute Gasteiger partial charge is 0.234 e. The van der Waals surface area contributed by atoms with Crippen LogP contribution in [0, 0.1) is 0 Å². The number of rotatable bonds is 9. The van der Waals surface area contributed by atoms with Crippen molar-refractivity contribution in [1.82, 2.24) is 25.3 Å². The van der Waals surface area contributed by atoms with E-state index in [1.165, 1.54) is 0 Å². The molecule has 0 atom stereocenters. The summed E-state index contributed by atoms with van der Waals surface area (Å²) in [6, 6.07) is 19.9. The SMILES string of the molecule is O=C(CN1CCN(CCCc2nc(-c3ccccc3)no2)CC1)NCc1ccccc1. The van der Waals surface area contributed by atoms with E-state index in [2.05, 4.69) is 25.3 Å². The fourth-order valence-electron chi connectivity index (χ4n) is 3.74. The zero-order valence-corrected chi connectivity index (χ0v) is 17.7. The van der Waals surface area contributed by atoms with E-state index in [1.807, 2.05) is 60.7 Å². The minimum atomic E-state index is 0.0860. The van der Waals surface area contributed by atoms with E-state index in [-0.39, 0.29) is 5.91 Å². The molecule has 2 heterocycles. The van der Waals surface area contributed by atoms with Crippen molar-refractivity contribution in [2.45, 2.75) is 19.4 Å². The molecule has 1 aliphatic rings. The van der Waals surface area contributed by atoms with Crippen molar-refractivity contribution >= 4 is 5.91 Å². The number of hydrogen-bond acceptors (Lipinski definition) is 6. The molecule has 1 fully saturated rings. The Morgan fingerprint density at radius 2 is 1.61 bits per heavy atom. The number of carbonyl (C=O) groups excluding carboxylic acids is 1. The zero-order valence-electron chi connectivity index (χ0n) is 17.7. The fourth-order valence-corrected chi connectivity index (χ4v) is 3.74. The summed E-state index contributed by atoms with van der Waals surface area (Å²) in [4.78, 5) is 21.4. The third-order valence-electron chi connectivity index (χ3n) is 5.53. The molecular formula is C24H29N5O2. The van der Waals surface area contributed by atoms with Crippen LogP contribution in [0.3, 0.4) is 0 Å². The Bertz CT molecular complexity index is 937. The molecule has 0 unspecified atom stereocenters. The maximum Gasteiger partial charge on any atom is 0.234 e. The Hall–Kier alpha value is -3.03. The maximum absolute atomic E-state index is 12.2. The Morgan fingerprint density at radius 1 is 0.935 bits per heavy atom. The van der Waals surface area contributed by atoms with Gasteiger partial charge in [0.15, 0.2) is 0 Å². The van der Waals surface area contributed by atoms with Crippen LogP contribution >= 0.6 is 0 Å². The highest BCUT2D eigenvalue weighted by molar-refractivity contribution is 5.78. The van der Waals surface area contributed by atoms with Gasteiger partial charge in [0.05, 0.1) is 6.54 Å². The lowest BCUT2D eigenvalue weighted by Gasteiger charge is -2.34. The molecule has 0 bridgehead atoms. The van der Waals surface area contributed by atoms with Gasteiger partial charge in [0.1, 0.15) is 0 Å². The monoisotopic (exact) mass is 419 g/mol. The van der Waals surface area contributed by atoms with E-state index >= 15 is 0 Å². The molecule has 1 amide bonds. The van der Waals surface area contributed by atoms with Crippen molar-refractivity contribution in [3.05, 3.63) is 72.1 Å². The van der Waals surface area contributed by atoms with Crippen molar-refractivity contribution in [2.75, 3.05) is 39.3 Å². The number of nitrogens with zero attached hydrogens (tertiary/aromatic N) is 4. The number of piperazine rings is 1. The molecule has 0 spiro atoms. The van der Waals surface area contributed by atoms with Crippen molar-refractivity contribution < 1.29 is 9.32 Å². The van der Waals surface area contributed by atoms with E-state index in [0.29, 0.717) is 24.8 Å². The predicted molar refractivity (Wildman–Crippen MR) is 119 cm³/mol. The van der Waals surface area contributed by atoms with Gasteiger partial charge in [0.2, 0.25) is 17.6 Å². The lowest BCUT2D eigenvalue weighted by atomic mass is 10.2. The third-order valence-corrected chi connectivity index (χ3v) is 5.53. The lowest BCUT2D eigenvalue weighted by molar-refractivity contribution is -0.122. The van der Waals surface area contributed by atoms with E-state index in [9.17, 15) is 4.79 Å². The van der Waals surface area contributed by atoms with Gasteiger partial charge in [-0.3, -0.25) is 9.69 Å². The first-order chi connectivity index (χ1) is 15.3. The first-order valence-electron chi connectivity index (χ1n) is 10.9. The predicted octanol–water partition coefficient (Wildman–Crippen LogP) is 2.60. The van der Waals surface area contributed by atoms with Gasteiger partial charge in [-0.05, 0) is 18.5 Å². The molecule has 0 radical (unpaired) electrons. The van der Waals surface area contributed by atoms with Crippen LogP contribution < -0.4 is 5.32 Å². The summed E-state index contributed by atoms with van der Waals surface area (Å²) >= 11 is 0. The molecular weight excluding hydrogens is 390 g/mol. The van der Waals surface area contributed by atoms with Crippen LogP contribution in [0.2, 0.25) is 0 Å². The summed E-state index contributed by atoms with van der Waals surface area (Å²) in [5, 5.41) is 7.09. The normalized spacial score (nSPS) is 15.1. The molecule has 1 aliphatic heterocycles. The molecule has 0 saturated carbocycles. The zero-order chi connectivity index (χ0) is 21.3. The first-order valence-corrected chi connectivity index (χ1v) is 10.9. The van der Waals surface area contributed by atoms with Crippen molar-refractivity contribution in [1.29, 1.82) is 0 Å². The van der Waals surface area contributed by atoms with Gasteiger partial charge in [-0.1, -0.05) is 65.8 Å². The second-order valence-corrected chi connectivity index (χ2v) is 7.86. The lowest BCUT2D eigenvalue weighted by Crippen LogP contribution is -2.49. The second-order valence-electron chi connectivity index (χ2n) is 7.86. The van der Waals surface area contributed by atoms with E-state index < -0.39 is 0 Å². The highest BCUT2D eigenvalue weighted by atomic mass is 16.5. The standard InChI is InChI=1S/C24H29N5O2/c30-22(25-18-20-8-3-1-4-9-20)19-29-16-14-28(15-17-29)13-7-12-23-26-24(27-31-23)21-10-5-2-6-11-21/h1-6,8-11H,7,12-19H2,(H,25,30). The topological polar surface area (TPSA) is 74.5 Å². The molecule has 162 valence electrons. The Balaban J connectivity index is 1.12. The van der Waals surface area contributed by atoms with Crippen molar-refractivity contribution in [2.24, 2.45) is 0 Å². The largest absolute Gasteiger partial charge is 0.351 e. The molecule has 1 N–H and O–H groups in total. The molecule has 0 aliphatic carbocycles. The summed E-state index contributed by atoms with van der Waals surface area (Å²) in [6.45, 7) is 5.83. The van der Waals surface area contributed by atoms with E-state index in [0.717, 1.165) is 56.7 Å². The third kappa shape index (κ3) is 6.47. The van der Waals surface area contributed by atoms with Crippen LogP contribution in [0.1, 0.15) is 17.9 Å². The number of benzene rings is 2. The van der Waals surface area contributed by atoms with Crippen LogP contribution in [0.5, 0.6) is 0 Å². The second kappa shape index (κ2) is 10.8. The Labute approximate surface area is 183 Å². The van der Waals surface area contributed by atoms with Gasteiger partial charge >= 0.3 is 0 Å². The summed E-state index contributed by atoms with van der Waals surface area (Å²) < 4.78 is 5.39. The number of aryl methyl sites for hydroxylation is 1. The highest BCUT2D eigenvalue weighted by Crippen LogP contribution is 2.15. The minimum Gasteiger partial charge on any atom is -0.351 e. The summed E-state index contributed by atoms with van der Waals surface area (Å²) in [5.74, 6) is 1.42. The molecule has 31 heavy (non-hydrogen) atoms. The van der Waals surface area contributed by atoms with Crippen molar-refractivity contribution in [3.8, 4) is 11.4 Å². The Kier molecular flexibility index (Phi) is 7.41. The Morgan fingerprint density at radius 3 is 2.35 bits per heavy atom. The van der Waals surface area contributed by atoms with Crippen LogP contribution in [0.25, 0.3) is 11.4 Å². The molecule has 7 nitrogen and oxygen atoms in total. The van der Waals surface area contributed by atoms with Crippen LogP contribution in [-0.4, -0.2) is 65.1 Å². The van der Waals surface area contributed by atoms with Crippen LogP contribution in [0.15, 0.2) is 65.2 Å². The first kappa shape index (κ1) is 21.2. The highest BCUT2D eigenvalue weighted by Gasteiger charge is 2.19. The quantitative estimate of drug-likeness (QED) is 0.575. The van der Waals surface area contributed by atoms with E-state index in [1.54, 1.807) is 0 Å². The number of hydrogen-bond donors (Lipinski definition) is 1. The van der Waals surface area contributed by atoms with E-state index in [4.69, 9.17) is 4.52 Å². The average Bonchev–Trinajstić information content (AvgIpc) is 3.29. The molecule has 1 aromatic heterocycles.